The number of likely N-dealkylation sites (N-methyl/N-ethyl adjacent to an activating group) is 1. The van der Waals surface area contributed by atoms with Crippen molar-refractivity contribution in [3.63, 3.8) is 0 Å². The van der Waals surface area contributed by atoms with Gasteiger partial charge in [-0.05, 0) is 74.7 Å². The average Bonchev–Trinajstić information content (AvgIpc) is 3.81. The number of imidazole rings is 1. The molecule has 4 aromatic rings. The molecule has 0 amide bonds. The van der Waals surface area contributed by atoms with Gasteiger partial charge in [-0.3, -0.25) is 0 Å². The lowest BCUT2D eigenvalue weighted by atomic mass is 10.0. The topological polar surface area (TPSA) is 122 Å². The third-order valence-electron chi connectivity index (χ3n) is 8.27. The number of hydrogen-bond donors (Lipinski definition) is 1. The molecule has 12 heteroatoms. The number of benzene rings is 2. The minimum absolute atomic E-state index is 0.266. The number of rotatable bonds is 11. The molecule has 1 aliphatic heterocycles. The molecule has 2 aromatic carbocycles. The highest BCUT2D eigenvalue weighted by Gasteiger charge is 2.33. The minimum atomic E-state index is 0.266. The van der Waals surface area contributed by atoms with E-state index in [9.17, 15) is 10.5 Å². The predicted molar refractivity (Wildman–Crippen MR) is 169 cm³/mol. The van der Waals surface area contributed by atoms with E-state index in [1.54, 1.807) is 13.2 Å². The zero-order chi connectivity index (χ0) is 30.6. The molecule has 2 aromatic heterocycles. The van der Waals surface area contributed by atoms with Crippen LogP contribution < -0.4 is 15.0 Å². The summed E-state index contributed by atoms with van der Waals surface area (Å²) >= 11 is 6.94. The van der Waals surface area contributed by atoms with Crippen LogP contribution in [0.1, 0.15) is 41.6 Å². The van der Waals surface area contributed by atoms with Gasteiger partial charge < -0.3 is 24.8 Å². The molecule has 2 fully saturated rings. The summed E-state index contributed by atoms with van der Waals surface area (Å²) in [5, 5.41) is 28.0. The first-order chi connectivity index (χ1) is 21.4. The third-order valence-corrected chi connectivity index (χ3v) is 8.72. The summed E-state index contributed by atoms with van der Waals surface area (Å²) in [5.41, 5.74) is 3.87. The van der Waals surface area contributed by atoms with Crippen molar-refractivity contribution in [1.29, 1.82) is 10.5 Å². The Balaban J connectivity index is 1.29. The van der Waals surface area contributed by atoms with E-state index in [2.05, 4.69) is 49.3 Å². The first-order valence-corrected chi connectivity index (χ1v) is 15.3. The molecule has 1 N–H and O–H groups in total. The number of aromatic nitrogens is 4. The number of aryl methyl sites for hydroxylation is 1. The molecule has 1 aliphatic carbocycles. The predicted octanol–water partition coefficient (Wildman–Crippen LogP) is 4.62. The van der Waals surface area contributed by atoms with Crippen LogP contribution in [0, 0.1) is 22.7 Å². The van der Waals surface area contributed by atoms with E-state index in [1.165, 1.54) is 10.7 Å². The van der Waals surface area contributed by atoms with Crippen molar-refractivity contribution < 1.29 is 4.74 Å². The average molecular weight is 611 g/mol. The summed E-state index contributed by atoms with van der Waals surface area (Å²) in [6, 6.07) is 16.3. The van der Waals surface area contributed by atoms with Crippen LogP contribution >= 0.6 is 11.6 Å². The highest BCUT2D eigenvalue weighted by molar-refractivity contribution is 6.34. The van der Waals surface area contributed by atoms with E-state index < -0.39 is 0 Å². The zero-order valence-electron chi connectivity index (χ0n) is 25.0. The van der Waals surface area contributed by atoms with Gasteiger partial charge in [-0.15, -0.1) is 5.10 Å². The second-order valence-electron chi connectivity index (χ2n) is 11.4. The standard InChI is InChI=1S/C32H35ClN10O/c1-40-12-14-41(15-13-40)11-3-4-24-16-23(18-34)17-28(29(24)33)37-32-38-31(30-36-20-26(19-35)43(30)39-32)42(25-7-8-25)21-22-5-9-27(44-2)10-6-22/h5-6,9-10,16-17,20,25H,3-4,7-8,11-15,21H2,1-2H3,(H,37,39). The molecule has 1 saturated carbocycles. The summed E-state index contributed by atoms with van der Waals surface area (Å²) in [6.07, 6.45) is 5.27. The van der Waals surface area contributed by atoms with E-state index in [4.69, 9.17) is 21.3 Å². The van der Waals surface area contributed by atoms with E-state index >= 15 is 0 Å². The Bertz CT molecular complexity index is 1710. The molecule has 0 spiro atoms. The molecule has 0 bridgehead atoms. The number of piperazine rings is 1. The van der Waals surface area contributed by atoms with Crippen molar-refractivity contribution in [2.24, 2.45) is 0 Å². The lowest BCUT2D eigenvalue weighted by Gasteiger charge is -2.32. The van der Waals surface area contributed by atoms with Gasteiger partial charge in [-0.1, -0.05) is 23.7 Å². The Morgan fingerprint density at radius 3 is 2.55 bits per heavy atom. The van der Waals surface area contributed by atoms with Crippen LogP contribution in [-0.4, -0.2) is 82.3 Å². The Labute approximate surface area is 262 Å². The first-order valence-electron chi connectivity index (χ1n) is 14.9. The summed E-state index contributed by atoms with van der Waals surface area (Å²) < 4.78 is 6.85. The summed E-state index contributed by atoms with van der Waals surface area (Å²) in [7, 11) is 3.81. The molecule has 1 saturated heterocycles. The van der Waals surface area contributed by atoms with Crippen LogP contribution in [-0.2, 0) is 13.0 Å². The Morgan fingerprint density at radius 1 is 1.09 bits per heavy atom. The summed E-state index contributed by atoms with van der Waals surface area (Å²) in [6.45, 7) is 5.87. The third kappa shape index (κ3) is 6.56. The fourth-order valence-electron chi connectivity index (χ4n) is 5.59. The van der Waals surface area contributed by atoms with Crippen molar-refractivity contribution in [2.45, 2.75) is 38.3 Å². The summed E-state index contributed by atoms with van der Waals surface area (Å²) in [5.74, 6) is 1.69. The number of methoxy groups -OCH3 is 1. The Morgan fingerprint density at radius 2 is 1.86 bits per heavy atom. The molecule has 44 heavy (non-hydrogen) atoms. The zero-order valence-corrected chi connectivity index (χ0v) is 25.8. The number of ether oxygens (including phenoxy) is 1. The minimum Gasteiger partial charge on any atom is -0.497 e. The monoisotopic (exact) mass is 610 g/mol. The van der Waals surface area contributed by atoms with Crippen LogP contribution in [0.25, 0.3) is 5.65 Å². The van der Waals surface area contributed by atoms with Crippen LogP contribution in [0.15, 0.2) is 42.6 Å². The van der Waals surface area contributed by atoms with Gasteiger partial charge in [-0.2, -0.15) is 20.0 Å². The molecule has 2 aliphatic rings. The molecule has 11 nitrogen and oxygen atoms in total. The maximum absolute atomic E-state index is 9.81. The number of anilines is 3. The van der Waals surface area contributed by atoms with Crippen LogP contribution in [0.2, 0.25) is 5.02 Å². The van der Waals surface area contributed by atoms with Crippen molar-refractivity contribution in [1.82, 2.24) is 29.4 Å². The fourth-order valence-corrected chi connectivity index (χ4v) is 5.84. The molecule has 0 unspecified atom stereocenters. The molecule has 226 valence electrons. The quantitative estimate of drug-likeness (QED) is 0.257. The molecular weight excluding hydrogens is 576 g/mol. The smallest absolute Gasteiger partial charge is 0.247 e. The number of halogens is 1. The van der Waals surface area contributed by atoms with Crippen LogP contribution in [0.3, 0.4) is 0 Å². The maximum Gasteiger partial charge on any atom is 0.247 e. The van der Waals surface area contributed by atoms with E-state index in [1.807, 2.05) is 30.3 Å². The van der Waals surface area contributed by atoms with Gasteiger partial charge in [0.2, 0.25) is 5.95 Å². The first kappa shape index (κ1) is 29.6. The van der Waals surface area contributed by atoms with Gasteiger partial charge >= 0.3 is 0 Å². The molecule has 6 rings (SSSR count). The van der Waals surface area contributed by atoms with E-state index in [-0.39, 0.29) is 5.95 Å². The van der Waals surface area contributed by atoms with Gasteiger partial charge in [0.15, 0.2) is 17.2 Å². The molecule has 0 atom stereocenters. The number of hydrogen-bond acceptors (Lipinski definition) is 10. The molecule has 3 heterocycles. The van der Waals surface area contributed by atoms with Crippen molar-refractivity contribution in [2.75, 3.05) is 57.1 Å². The lowest BCUT2D eigenvalue weighted by Crippen LogP contribution is -2.44. The Kier molecular flexibility index (Phi) is 8.80. The normalized spacial score (nSPS) is 15.6. The van der Waals surface area contributed by atoms with Gasteiger partial charge in [0.05, 0.1) is 35.6 Å². The lowest BCUT2D eigenvalue weighted by molar-refractivity contribution is 0.153. The summed E-state index contributed by atoms with van der Waals surface area (Å²) in [4.78, 5) is 16.5. The van der Waals surface area contributed by atoms with Crippen molar-refractivity contribution in [3.05, 3.63) is 70.0 Å². The number of nitriles is 2. The van der Waals surface area contributed by atoms with Gasteiger partial charge in [-0.25, -0.2) is 4.98 Å². The number of fused-ring (bicyclic) bond motifs is 1. The number of nitrogens with zero attached hydrogens (tertiary/aromatic N) is 9. The van der Waals surface area contributed by atoms with Crippen LogP contribution in [0.4, 0.5) is 17.5 Å². The molecular formula is C32H35ClN10O. The van der Waals surface area contributed by atoms with Crippen molar-refractivity contribution in [3.8, 4) is 17.9 Å². The highest BCUT2D eigenvalue weighted by atomic mass is 35.5. The second-order valence-corrected chi connectivity index (χ2v) is 11.8. The van der Waals surface area contributed by atoms with Gasteiger partial charge in [0.1, 0.15) is 11.8 Å². The fraction of sp³-hybridized carbons (Fsp3) is 0.406. The van der Waals surface area contributed by atoms with Crippen LogP contribution in [0.5, 0.6) is 5.75 Å². The van der Waals surface area contributed by atoms with Gasteiger partial charge in [0.25, 0.3) is 0 Å². The SMILES string of the molecule is COc1ccc(CN(c2nc(Nc3cc(C#N)cc(CCCN4CCN(C)CC4)c3Cl)nn3c(C#N)cnc23)C2CC2)cc1. The number of nitrogens with one attached hydrogen (secondary N) is 1. The largest absolute Gasteiger partial charge is 0.497 e. The molecule has 0 radical (unpaired) electrons. The van der Waals surface area contributed by atoms with E-state index in [0.29, 0.717) is 46.0 Å². The highest BCUT2D eigenvalue weighted by Crippen LogP contribution is 2.36. The van der Waals surface area contributed by atoms with Gasteiger partial charge in [0, 0.05) is 38.8 Å². The Hall–Kier alpha value is -4.42. The second kappa shape index (κ2) is 13.1. The van der Waals surface area contributed by atoms with Crippen molar-refractivity contribution >= 4 is 34.7 Å². The van der Waals surface area contributed by atoms with E-state index in [0.717, 1.165) is 75.3 Å². The maximum atomic E-state index is 9.81.